The van der Waals surface area contributed by atoms with Crippen LogP contribution in [0.4, 0.5) is 0 Å². The van der Waals surface area contributed by atoms with Crippen LogP contribution in [0.3, 0.4) is 0 Å². The average molecular weight is 317 g/mol. The van der Waals surface area contributed by atoms with Gasteiger partial charge in [-0.2, -0.15) is 0 Å². The van der Waals surface area contributed by atoms with Crippen molar-refractivity contribution < 1.29 is 4.74 Å². The van der Waals surface area contributed by atoms with Gasteiger partial charge in [-0.15, -0.1) is 0 Å². The topological polar surface area (TPSA) is 26.5 Å². The van der Waals surface area contributed by atoms with Crippen LogP contribution in [0.5, 0.6) is 5.75 Å². The van der Waals surface area contributed by atoms with E-state index in [2.05, 4.69) is 37.4 Å². The Morgan fingerprint density at radius 2 is 1.95 bits per heavy atom. The largest absolute Gasteiger partial charge is 0.497 e. The molecule has 3 rings (SSSR count). The quantitative estimate of drug-likeness (QED) is 0.736. The van der Waals surface area contributed by atoms with Gasteiger partial charge in [0.15, 0.2) is 0 Å². The first-order chi connectivity index (χ1) is 9.26. The minimum Gasteiger partial charge on any atom is -0.497 e. The zero-order valence-corrected chi connectivity index (χ0v) is 12.1. The molecule has 0 fully saturated rings. The van der Waals surface area contributed by atoms with Crippen molar-refractivity contribution in [2.24, 2.45) is 0 Å². The molecule has 0 bridgehead atoms. The molecule has 2 heterocycles. The Labute approximate surface area is 120 Å². The first kappa shape index (κ1) is 12.2. The van der Waals surface area contributed by atoms with E-state index >= 15 is 0 Å². The molecule has 0 aliphatic heterocycles. The van der Waals surface area contributed by atoms with Crippen LogP contribution >= 0.6 is 15.9 Å². The first-order valence-electron chi connectivity index (χ1n) is 6.01. The SMILES string of the molecule is COc1ccc(Cc2cnc3ccc(Br)cn23)cc1. The van der Waals surface area contributed by atoms with Crippen LogP contribution < -0.4 is 4.74 Å². The average Bonchev–Trinajstić information content (AvgIpc) is 2.82. The van der Waals surface area contributed by atoms with Crippen LogP contribution in [0.2, 0.25) is 0 Å². The summed E-state index contributed by atoms with van der Waals surface area (Å²) in [6, 6.07) is 12.1. The molecular weight excluding hydrogens is 304 g/mol. The summed E-state index contributed by atoms with van der Waals surface area (Å²) >= 11 is 3.49. The number of nitrogens with zero attached hydrogens (tertiary/aromatic N) is 2. The number of aromatic nitrogens is 2. The van der Waals surface area contributed by atoms with Gasteiger partial charge in [0.1, 0.15) is 11.4 Å². The van der Waals surface area contributed by atoms with E-state index < -0.39 is 0 Å². The molecule has 0 unspecified atom stereocenters. The van der Waals surface area contributed by atoms with Crippen molar-refractivity contribution >= 4 is 21.6 Å². The number of hydrogen-bond donors (Lipinski definition) is 0. The maximum atomic E-state index is 5.17. The zero-order valence-electron chi connectivity index (χ0n) is 10.5. The lowest BCUT2D eigenvalue weighted by molar-refractivity contribution is 0.414. The Morgan fingerprint density at radius 1 is 1.16 bits per heavy atom. The van der Waals surface area contributed by atoms with Crippen molar-refractivity contribution in [3.63, 3.8) is 0 Å². The predicted octanol–water partition coefficient (Wildman–Crippen LogP) is 3.70. The fourth-order valence-corrected chi connectivity index (χ4v) is 2.43. The molecule has 0 radical (unpaired) electrons. The van der Waals surface area contributed by atoms with Crippen LogP contribution in [0.25, 0.3) is 5.65 Å². The number of imidazole rings is 1. The molecule has 3 aromatic rings. The molecule has 0 spiro atoms. The Hall–Kier alpha value is -1.81. The van der Waals surface area contributed by atoms with E-state index in [0.29, 0.717) is 0 Å². The van der Waals surface area contributed by atoms with Crippen molar-refractivity contribution in [1.29, 1.82) is 0 Å². The standard InChI is InChI=1S/C15H13BrN2O/c1-19-14-5-2-11(3-6-14)8-13-9-17-15-7-4-12(16)10-18(13)15/h2-7,9-10H,8H2,1H3. The lowest BCUT2D eigenvalue weighted by atomic mass is 10.1. The molecule has 96 valence electrons. The van der Waals surface area contributed by atoms with Gasteiger partial charge in [0.2, 0.25) is 0 Å². The minimum atomic E-state index is 0.849. The van der Waals surface area contributed by atoms with Gasteiger partial charge >= 0.3 is 0 Å². The molecule has 0 saturated heterocycles. The van der Waals surface area contributed by atoms with E-state index in [-0.39, 0.29) is 0 Å². The van der Waals surface area contributed by atoms with Crippen LogP contribution in [0.15, 0.2) is 53.3 Å². The summed E-state index contributed by atoms with van der Waals surface area (Å²) in [5.41, 5.74) is 3.37. The number of halogens is 1. The van der Waals surface area contributed by atoms with E-state index in [1.54, 1.807) is 7.11 Å². The summed E-state index contributed by atoms with van der Waals surface area (Å²) in [5, 5.41) is 0. The molecule has 0 aliphatic rings. The maximum Gasteiger partial charge on any atom is 0.136 e. The van der Waals surface area contributed by atoms with Crippen LogP contribution in [0.1, 0.15) is 11.3 Å². The fourth-order valence-electron chi connectivity index (χ4n) is 2.09. The number of benzene rings is 1. The molecule has 1 aromatic carbocycles. The van der Waals surface area contributed by atoms with Gasteiger partial charge in [0.25, 0.3) is 0 Å². The van der Waals surface area contributed by atoms with Gasteiger partial charge in [0.05, 0.1) is 7.11 Å². The second-order valence-electron chi connectivity index (χ2n) is 4.35. The number of hydrogen-bond acceptors (Lipinski definition) is 2. The Bertz CT molecular complexity index is 704. The molecule has 0 aliphatic carbocycles. The third-order valence-electron chi connectivity index (χ3n) is 3.09. The lowest BCUT2D eigenvalue weighted by Crippen LogP contribution is -1.94. The summed E-state index contributed by atoms with van der Waals surface area (Å²) in [6.07, 6.45) is 4.81. The fraction of sp³-hybridized carbons (Fsp3) is 0.133. The third-order valence-corrected chi connectivity index (χ3v) is 3.56. The summed E-state index contributed by atoms with van der Waals surface area (Å²) in [4.78, 5) is 4.41. The second-order valence-corrected chi connectivity index (χ2v) is 5.27. The lowest BCUT2D eigenvalue weighted by Gasteiger charge is -2.04. The van der Waals surface area contributed by atoms with E-state index in [4.69, 9.17) is 4.74 Å². The number of rotatable bonds is 3. The molecule has 4 heteroatoms. The van der Waals surface area contributed by atoms with Crippen LogP contribution in [0, 0.1) is 0 Å². The number of ether oxygens (including phenoxy) is 1. The van der Waals surface area contributed by atoms with E-state index in [1.165, 1.54) is 11.3 Å². The molecule has 0 N–H and O–H groups in total. The van der Waals surface area contributed by atoms with E-state index in [1.807, 2.05) is 36.7 Å². The normalized spacial score (nSPS) is 10.8. The highest BCUT2D eigenvalue weighted by atomic mass is 79.9. The van der Waals surface area contributed by atoms with E-state index in [9.17, 15) is 0 Å². The number of methoxy groups -OCH3 is 1. The zero-order chi connectivity index (χ0) is 13.2. The molecule has 2 aromatic heterocycles. The molecule has 0 amide bonds. The smallest absolute Gasteiger partial charge is 0.136 e. The first-order valence-corrected chi connectivity index (χ1v) is 6.80. The van der Waals surface area contributed by atoms with Crippen LogP contribution in [-0.4, -0.2) is 16.5 Å². The number of pyridine rings is 1. The Balaban J connectivity index is 1.93. The summed E-state index contributed by atoms with van der Waals surface area (Å²) < 4.78 is 8.32. The highest BCUT2D eigenvalue weighted by Crippen LogP contribution is 2.18. The highest BCUT2D eigenvalue weighted by molar-refractivity contribution is 9.10. The maximum absolute atomic E-state index is 5.17. The molecule has 19 heavy (non-hydrogen) atoms. The summed E-state index contributed by atoms with van der Waals surface area (Å²) in [5.74, 6) is 0.879. The summed E-state index contributed by atoms with van der Waals surface area (Å²) in [7, 11) is 1.68. The van der Waals surface area contributed by atoms with Gasteiger partial charge < -0.3 is 9.14 Å². The van der Waals surface area contributed by atoms with Gasteiger partial charge in [-0.3, -0.25) is 0 Å². The Kier molecular flexibility index (Phi) is 3.25. The highest BCUT2D eigenvalue weighted by Gasteiger charge is 2.05. The van der Waals surface area contributed by atoms with Gasteiger partial charge in [0, 0.05) is 29.0 Å². The van der Waals surface area contributed by atoms with Crippen molar-refractivity contribution in [3.8, 4) is 5.75 Å². The Morgan fingerprint density at radius 3 is 2.68 bits per heavy atom. The third kappa shape index (κ3) is 2.49. The van der Waals surface area contributed by atoms with Crippen molar-refractivity contribution in [2.75, 3.05) is 7.11 Å². The van der Waals surface area contributed by atoms with Crippen molar-refractivity contribution in [2.45, 2.75) is 6.42 Å². The summed E-state index contributed by atoms with van der Waals surface area (Å²) in [6.45, 7) is 0. The van der Waals surface area contributed by atoms with Crippen LogP contribution in [-0.2, 0) is 6.42 Å². The molecular formula is C15H13BrN2O. The minimum absolute atomic E-state index is 0.849. The van der Waals surface area contributed by atoms with Gasteiger partial charge in [-0.05, 0) is 45.8 Å². The predicted molar refractivity (Wildman–Crippen MR) is 78.7 cm³/mol. The van der Waals surface area contributed by atoms with Crippen molar-refractivity contribution in [3.05, 3.63) is 64.5 Å². The van der Waals surface area contributed by atoms with E-state index in [0.717, 1.165) is 22.3 Å². The molecule has 0 atom stereocenters. The number of fused-ring (bicyclic) bond motifs is 1. The molecule has 3 nitrogen and oxygen atoms in total. The molecule has 0 saturated carbocycles. The van der Waals surface area contributed by atoms with Crippen molar-refractivity contribution in [1.82, 2.24) is 9.38 Å². The second kappa shape index (κ2) is 5.05. The van der Waals surface area contributed by atoms with Gasteiger partial charge in [-0.25, -0.2) is 4.98 Å². The van der Waals surface area contributed by atoms with Gasteiger partial charge in [-0.1, -0.05) is 12.1 Å². The monoisotopic (exact) mass is 316 g/mol.